The fraction of sp³-hybridized carbons (Fsp3) is 0.560. The first-order chi connectivity index (χ1) is 19.9. The van der Waals surface area contributed by atoms with Crippen molar-refractivity contribution in [2.75, 3.05) is 24.0 Å². The van der Waals surface area contributed by atoms with Crippen LogP contribution in [0.1, 0.15) is 50.3 Å². The van der Waals surface area contributed by atoms with Gasteiger partial charge in [0.2, 0.25) is 5.28 Å². The molecule has 0 radical (unpaired) electrons. The fourth-order valence-electron chi connectivity index (χ4n) is 6.46. The van der Waals surface area contributed by atoms with Gasteiger partial charge in [0.1, 0.15) is 18.3 Å². The molecule has 1 spiro atoms. The molecule has 3 aromatic rings. The van der Waals surface area contributed by atoms with Crippen LogP contribution in [-0.2, 0) is 23.8 Å². The zero-order chi connectivity index (χ0) is 29.9. The number of halogens is 1. The van der Waals surface area contributed by atoms with E-state index < -0.39 is 52.2 Å². The molecule has 42 heavy (non-hydrogen) atoms. The maximum Gasteiger partial charge on any atom is 0.340 e. The van der Waals surface area contributed by atoms with Crippen molar-refractivity contribution in [1.29, 1.82) is 0 Å². The number of fused-ring (bicyclic) bond motifs is 3. The molecule has 17 heteroatoms. The van der Waals surface area contributed by atoms with Crippen LogP contribution in [0, 0.1) is 0 Å². The van der Waals surface area contributed by atoms with Crippen LogP contribution < -0.4 is 4.90 Å². The molecule has 228 valence electrons. The second-order valence-corrected chi connectivity index (χ2v) is 15.6. The zero-order valence-corrected chi connectivity index (χ0v) is 25.0. The van der Waals surface area contributed by atoms with Crippen LogP contribution in [0.25, 0.3) is 11.2 Å². The third-order valence-corrected chi connectivity index (χ3v) is 12.0. The minimum atomic E-state index is -4.84. The van der Waals surface area contributed by atoms with Crippen molar-refractivity contribution in [3.05, 3.63) is 41.4 Å². The van der Waals surface area contributed by atoms with E-state index in [1.807, 2.05) is 6.07 Å². The molecule has 6 rings (SSSR count). The Hall–Kier alpha value is -1.96. The first-order valence-corrected chi connectivity index (χ1v) is 17.6. The summed E-state index contributed by atoms with van der Waals surface area (Å²) in [6, 6.07) is 8.28. The van der Waals surface area contributed by atoms with Crippen LogP contribution in [0.2, 0.25) is 5.28 Å². The van der Waals surface area contributed by atoms with E-state index in [9.17, 15) is 24.2 Å². The average Bonchev–Trinajstić information content (AvgIpc) is 3.48. The number of nitrogens with zero attached hydrogens (tertiary/aromatic N) is 5. The van der Waals surface area contributed by atoms with Crippen LogP contribution in [-0.4, -0.2) is 81.8 Å². The standard InChI is InChI=1S/C25H32ClN5O9P2/c26-24-28-21(30-12-25(9-5-1-2-6-10-25)15-7-3-4-8-16(15)30)18-22(29-24)31(13-27-18)23-20(33)19(32)17(40-23)11-39-42(37,38)14-41(34,35)36/h3-4,7-8,13,17,19-20,23,32-33H,1-2,5-6,9-12,14H2,(H,37,38)(H2,34,35,36)/t17-,19+,20?,23-/m1/s1. The van der Waals surface area contributed by atoms with Gasteiger partial charge in [-0.15, -0.1) is 0 Å². The summed E-state index contributed by atoms with van der Waals surface area (Å²) >= 11 is 6.43. The topological polar surface area (TPSA) is 201 Å². The van der Waals surface area contributed by atoms with Crippen LogP contribution in [0.3, 0.4) is 0 Å². The summed E-state index contributed by atoms with van der Waals surface area (Å²) in [5, 5.41) is 21.4. The van der Waals surface area contributed by atoms with E-state index in [-0.39, 0.29) is 16.3 Å². The van der Waals surface area contributed by atoms with Crippen molar-refractivity contribution in [3.8, 4) is 0 Å². The quantitative estimate of drug-likeness (QED) is 0.186. The second kappa shape index (κ2) is 11.2. The zero-order valence-electron chi connectivity index (χ0n) is 22.4. The lowest BCUT2D eigenvalue weighted by atomic mass is 9.76. The molecule has 1 saturated heterocycles. The molecule has 5 N–H and O–H groups in total. The van der Waals surface area contributed by atoms with Gasteiger partial charge < -0.3 is 39.1 Å². The number of ether oxygens (including phenoxy) is 1. The Kier molecular flexibility index (Phi) is 8.02. The van der Waals surface area contributed by atoms with E-state index in [1.54, 1.807) is 0 Å². The van der Waals surface area contributed by atoms with Crippen LogP contribution >= 0.6 is 26.8 Å². The Labute approximate surface area is 246 Å². The maximum absolute atomic E-state index is 12.1. The van der Waals surface area contributed by atoms with Crippen molar-refractivity contribution >= 4 is 49.5 Å². The summed E-state index contributed by atoms with van der Waals surface area (Å²) in [7, 11) is -9.54. The maximum atomic E-state index is 12.1. The number of aromatic nitrogens is 4. The molecule has 0 amide bonds. The van der Waals surface area contributed by atoms with E-state index in [1.165, 1.54) is 29.3 Å². The lowest BCUT2D eigenvalue weighted by Crippen LogP contribution is -2.33. The Balaban J connectivity index is 1.30. The third-order valence-electron chi connectivity index (χ3n) is 8.33. The molecule has 2 fully saturated rings. The van der Waals surface area contributed by atoms with Gasteiger partial charge in [-0.1, -0.05) is 43.9 Å². The summed E-state index contributed by atoms with van der Waals surface area (Å²) in [5.74, 6) is -0.885. The summed E-state index contributed by atoms with van der Waals surface area (Å²) < 4.78 is 35.2. The first kappa shape index (κ1) is 30.1. The minimum absolute atomic E-state index is 0.0204. The highest BCUT2D eigenvalue weighted by molar-refractivity contribution is 7.70. The van der Waals surface area contributed by atoms with Crippen LogP contribution in [0.15, 0.2) is 30.6 Å². The van der Waals surface area contributed by atoms with Crippen molar-refractivity contribution in [3.63, 3.8) is 0 Å². The fourth-order valence-corrected chi connectivity index (χ4v) is 9.19. The number of benzene rings is 1. The van der Waals surface area contributed by atoms with Gasteiger partial charge in [0.15, 0.2) is 29.1 Å². The predicted molar refractivity (Wildman–Crippen MR) is 152 cm³/mol. The van der Waals surface area contributed by atoms with Crippen molar-refractivity contribution in [2.45, 2.75) is 68.5 Å². The minimum Gasteiger partial charge on any atom is -0.387 e. The third kappa shape index (κ3) is 5.66. The molecule has 5 atom stereocenters. The Morgan fingerprint density at radius 1 is 1.05 bits per heavy atom. The number of para-hydroxylation sites is 1. The van der Waals surface area contributed by atoms with Gasteiger partial charge in [0.05, 0.1) is 12.9 Å². The second-order valence-electron chi connectivity index (χ2n) is 11.2. The van der Waals surface area contributed by atoms with Gasteiger partial charge in [-0.2, -0.15) is 9.97 Å². The summed E-state index contributed by atoms with van der Waals surface area (Å²) in [5.41, 5.74) is 2.93. The molecule has 14 nitrogen and oxygen atoms in total. The van der Waals surface area contributed by atoms with Crippen molar-refractivity contribution in [2.24, 2.45) is 0 Å². The highest BCUT2D eigenvalue weighted by Crippen LogP contribution is 2.56. The van der Waals surface area contributed by atoms with Gasteiger partial charge in [0.25, 0.3) is 0 Å². The molecule has 2 aliphatic heterocycles. The molecular formula is C25H32ClN5O9P2. The highest BCUT2D eigenvalue weighted by atomic mass is 35.5. The normalized spacial score (nSPS) is 27.3. The molecular weight excluding hydrogens is 612 g/mol. The number of hydrogen-bond acceptors (Lipinski definition) is 10. The molecule has 1 aliphatic carbocycles. The van der Waals surface area contributed by atoms with Crippen molar-refractivity contribution < 1.29 is 43.3 Å². The molecule has 4 heterocycles. The summed E-state index contributed by atoms with van der Waals surface area (Å²) in [6.07, 6.45) is 2.63. The van der Waals surface area contributed by atoms with E-state index in [0.717, 1.165) is 31.4 Å². The number of aliphatic hydroxyl groups is 2. The average molecular weight is 644 g/mol. The lowest BCUT2D eigenvalue weighted by molar-refractivity contribution is -0.0483. The van der Waals surface area contributed by atoms with Gasteiger partial charge in [0, 0.05) is 17.6 Å². The molecule has 0 bridgehead atoms. The van der Waals surface area contributed by atoms with E-state index in [2.05, 4.69) is 38.1 Å². The van der Waals surface area contributed by atoms with Crippen LogP contribution in [0.5, 0.6) is 0 Å². The number of hydrogen-bond donors (Lipinski definition) is 5. The van der Waals surface area contributed by atoms with Crippen LogP contribution in [0.4, 0.5) is 11.5 Å². The predicted octanol–water partition coefficient (Wildman–Crippen LogP) is 3.18. The summed E-state index contributed by atoms with van der Waals surface area (Å²) in [4.78, 5) is 43.4. The van der Waals surface area contributed by atoms with E-state index in [0.29, 0.717) is 17.9 Å². The van der Waals surface area contributed by atoms with Gasteiger partial charge in [-0.3, -0.25) is 13.7 Å². The number of imidazole rings is 1. The van der Waals surface area contributed by atoms with Gasteiger partial charge in [-0.05, 0) is 36.1 Å². The Morgan fingerprint density at radius 3 is 2.48 bits per heavy atom. The number of anilines is 2. The van der Waals surface area contributed by atoms with E-state index in [4.69, 9.17) is 30.6 Å². The molecule has 1 saturated carbocycles. The van der Waals surface area contributed by atoms with Gasteiger partial charge in [-0.25, -0.2) is 4.98 Å². The Bertz CT molecular complexity index is 1580. The molecule has 2 aromatic heterocycles. The SMILES string of the molecule is O=P(O)(O)CP(=O)(O)OC[C@H]1O[C@@H](n2cnc3c(N4CC5(CCCCCC5)c5ccccc54)nc(Cl)nc32)C(O)[C@H]1O. The Morgan fingerprint density at radius 2 is 1.76 bits per heavy atom. The monoisotopic (exact) mass is 643 g/mol. The molecule has 2 unspecified atom stereocenters. The summed E-state index contributed by atoms with van der Waals surface area (Å²) in [6.45, 7) is 0.000919. The lowest BCUT2D eigenvalue weighted by Gasteiger charge is -2.29. The highest BCUT2D eigenvalue weighted by Gasteiger charge is 2.47. The number of rotatable bonds is 7. The van der Waals surface area contributed by atoms with Crippen molar-refractivity contribution in [1.82, 2.24) is 19.5 Å². The molecule has 1 aromatic carbocycles. The number of aliphatic hydroxyl groups excluding tert-OH is 2. The van der Waals surface area contributed by atoms with Gasteiger partial charge >= 0.3 is 15.2 Å². The molecule has 3 aliphatic rings. The largest absolute Gasteiger partial charge is 0.387 e. The van der Waals surface area contributed by atoms with E-state index >= 15 is 0 Å². The smallest absolute Gasteiger partial charge is 0.340 e. The first-order valence-electron chi connectivity index (χ1n) is 13.7.